The van der Waals surface area contributed by atoms with Gasteiger partial charge < -0.3 is 9.84 Å². The van der Waals surface area contributed by atoms with Crippen molar-refractivity contribution in [1.29, 1.82) is 0 Å². The first-order valence-corrected chi connectivity index (χ1v) is 9.99. The molecule has 0 aliphatic carbocycles. The largest absolute Gasteiger partial charge is 0.507 e. The summed E-state index contributed by atoms with van der Waals surface area (Å²) in [4.78, 5) is 0. The quantitative estimate of drug-likeness (QED) is 0.720. The van der Waals surface area contributed by atoms with Gasteiger partial charge in [0.1, 0.15) is 11.5 Å². The Morgan fingerprint density at radius 2 is 1.73 bits per heavy atom. The van der Waals surface area contributed by atoms with Gasteiger partial charge in [0.25, 0.3) is 0 Å². The van der Waals surface area contributed by atoms with Crippen molar-refractivity contribution in [2.75, 3.05) is 18.1 Å². The summed E-state index contributed by atoms with van der Waals surface area (Å²) in [6.07, 6.45) is 1.11. The topological polar surface area (TPSA) is 75.6 Å². The maximum atomic E-state index is 11.9. The first-order valence-electron chi connectivity index (χ1n) is 8.10. The van der Waals surface area contributed by atoms with E-state index in [2.05, 4.69) is 4.72 Å². The fourth-order valence-electron chi connectivity index (χ4n) is 3.40. The number of nitrogens with one attached hydrogen (secondary N) is 1. The van der Waals surface area contributed by atoms with E-state index in [0.29, 0.717) is 22.6 Å². The molecular weight excluding hydrogens is 350 g/mol. The highest BCUT2D eigenvalue weighted by molar-refractivity contribution is 7.92. The molecule has 0 aromatic heterocycles. The van der Waals surface area contributed by atoms with Crippen LogP contribution in [0.25, 0.3) is 21.9 Å². The van der Waals surface area contributed by atoms with Crippen LogP contribution in [0.5, 0.6) is 11.5 Å². The maximum Gasteiger partial charge on any atom is 0.229 e. The van der Waals surface area contributed by atoms with Crippen LogP contribution in [0, 0.1) is 13.8 Å². The van der Waals surface area contributed by atoms with E-state index in [0.717, 1.165) is 28.2 Å². The molecule has 0 spiro atoms. The van der Waals surface area contributed by atoms with Crippen molar-refractivity contribution in [2.24, 2.45) is 0 Å². The maximum absolute atomic E-state index is 11.9. The molecule has 0 bridgehead atoms. The Morgan fingerprint density at radius 1 is 1.04 bits per heavy atom. The van der Waals surface area contributed by atoms with Crippen molar-refractivity contribution in [3.05, 3.63) is 53.6 Å². The van der Waals surface area contributed by atoms with E-state index < -0.39 is 10.0 Å². The SMILES string of the molecule is COc1c(C)cc(NS(C)(=O)=O)c(-c2c(O)ccc3ccccc23)c1C. The number of ether oxygens (including phenoxy) is 1. The van der Waals surface area contributed by atoms with Gasteiger partial charge in [0.15, 0.2) is 0 Å². The molecule has 6 heteroatoms. The molecule has 3 aromatic rings. The monoisotopic (exact) mass is 371 g/mol. The Hall–Kier alpha value is -2.73. The van der Waals surface area contributed by atoms with Gasteiger partial charge in [-0.1, -0.05) is 30.3 Å². The van der Waals surface area contributed by atoms with Crippen molar-refractivity contribution in [1.82, 2.24) is 0 Å². The van der Waals surface area contributed by atoms with Crippen molar-refractivity contribution in [2.45, 2.75) is 13.8 Å². The van der Waals surface area contributed by atoms with Gasteiger partial charge in [-0.25, -0.2) is 8.42 Å². The van der Waals surface area contributed by atoms with Crippen LogP contribution in [0.3, 0.4) is 0 Å². The van der Waals surface area contributed by atoms with E-state index in [-0.39, 0.29) is 5.75 Å². The van der Waals surface area contributed by atoms with Gasteiger partial charge in [-0.2, -0.15) is 0 Å². The molecular formula is C20H21NO4S. The van der Waals surface area contributed by atoms with Gasteiger partial charge in [-0.3, -0.25) is 4.72 Å². The van der Waals surface area contributed by atoms with Crippen molar-refractivity contribution in [3.8, 4) is 22.6 Å². The fourth-order valence-corrected chi connectivity index (χ4v) is 3.97. The van der Waals surface area contributed by atoms with Crippen molar-refractivity contribution < 1.29 is 18.3 Å². The van der Waals surface area contributed by atoms with Crippen LogP contribution in [0.15, 0.2) is 42.5 Å². The number of phenolic OH excluding ortho intramolecular Hbond substituents is 1. The zero-order valence-corrected chi connectivity index (χ0v) is 15.9. The molecule has 3 aromatic carbocycles. The molecule has 0 atom stereocenters. The molecule has 3 rings (SSSR count). The zero-order valence-electron chi connectivity index (χ0n) is 15.1. The molecule has 0 heterocycles. The summed E-state index contributed by atoms with van der Waals surface area (Å²) in [6.45, 7) is 3.71. The third-order valence-corrected chi connectivity index (χ3v) is 4.95. The first-order chi connectivity index (χ1) is 12.2. The third-order valence-electron chi connectivity index (χ3n) is 4.36. The molecule has 2 N–H and O–H groups in total. The summed E-state index contributed by atoms with van der Waals surface area (Å²) in [7, 11) is -1.92. The average molecular weight is 371 g/mol. The van der Waals surface area contributed by atoms with E-state index in [1.165, 1.54) is 0 Å². The number of hydrogen-bond acceptors (Lipinski definition) is 4. The van der Waals surface area contributed by atoms with E-state index in [1.807, 2.05) is 44.2 Å². The van der Waals surface area contributed by atoms with Crippen molar-refractivity contribution >= 4 is 26.5 Å². The highest BCUT2D eigenvalue weighted by Gasteiger charge is 2.21. The summed E-state index contributed by atoms with van der Waals surface area (Å²) in [5.41, 5.74) is 3.15. The summed E-state index contributed by atoms with van der Waals surface area (Å²) in [6, 6.07) is 12.8. The number of aromatic hydroxyl groups is 1. The number of sulfonamides is 1. The van der Waals surface area contributed by atoms with E-state index in [4.69, 9.17) is 4.74 Å². The molecule has 0 aliphatic heterocycles. The van der Waals surface area contributed by atoms with Gasteiger partial charge in [-0.15, -0.1) is 0 Å². The van der Waals surface area contributed by atoms with Crippen LogP contribution >= 0.6 is 0 Å². The van der Waals surface area contributed by atoms with Crippen LogP contribution in [0.1, 0.15) is 11.1 Å². The number of fused-ring (bicyclic) bond motifs is 1. The van der Waals surface area contributed by atoms with Gasteiger partial charge in [0.05, 0.1) is 19.1 Å². The third kappa shape index (κ3) is 3.20. The summed E-state index contributed by atoms with van der Waals surface area (Å²) in [5, 5.41) is 12.4. The predicted octanol–water partition coefficient (Wildman–Crippen LogP) is 4.21. The van der Waals surface area contributed by atoms with Crippen LogP contribution in [-0.4, -0.2) is 26.9 Å². The molecule has 0 radical (unpaired) electrons. The molecule has 26 heavy (non-hydrogen) atoms. The van der Waals surface area contributed by atoms with Gasteiger partial charge in [0.2, 0.25) is 10.0 Å². The highest BCUT2D eigenvalue weighted by atomic mass is 32.2. The molecule has 5 nitrogen and oxygen atoms in total. The minimum atomic E-state index is -3.50. The van der Waals surface area contributed by atoms with Gasteiger partial charge in [-0.05, 0) is 42.3 Å². The normalized spacial score (nSPS) is 11.5. The number of rotatable bonds is 4. The number of aryl methyl sites for hydroxylation is 1. The van der Waals surface area contributed by atoms with E-state index >= 15 is 0 Å². The molecule has 0 saturated carbocycles. The van der Waals surface area contributed by atoms with Crippen LogP contribution in [-0.2, 0) is 10.0 Å². The standard InChI is InChI=1S/C20H21NO4S/c1-12-11-16(21-26(4,23)24)18(13(2)20(12)25-3)19-15-8-6-5-7-14(15)9-10-17(19)22/h5-11,21-22H,1-4H3. The second-order valence-corrected chi connectivity index (χ2v) is 8.08. The molecule has 0 unspecified atom stereocenters. The minimum Gasteiger partial charge on any atom is -0.507 e. The zero-order chi connectivity index (χ0) is 19.1. The van der Waals surface area contributed by atoms with E-state index in [9.17, 15) is 13.5 Å². The van der Waals surface area contributed by atoms with Crippen LogP contribution < -0.4 is 9.46 Å². The van der Waals surface area contributed by atoms with Crippen molar-refractivity contribution in [3.63, 3.8) is 0 Å². The molecule has 0 saturated heterocycles. The Bertz CT molecular complexity index is 1100. The minimum absolute atomic E-state index is 0.0780. The van der Waals surface area contributed by atoms with Crippen LogP contribution in [0.2, 0.25) is 0 Å². The lowest BCUT2D eigenvalue weighted by Gasteiger charge is -2.20. The fraction of sp³-hybridized carbons (Fsp3) is 0.200. The lowest BCUT2D eigenvalue weighted by atomic mass is 9.91. The Kier molecular flexibility index (Phi) is 4.54. The van der Waals surface area contributed by atoms with Gasteiger partial charge >= 0.3 is 0 Å². The number of phenols is 1. The van der Waals surface area contributed by atoms with Crippen LogP contribution in [0.4, 0.5) is 5.69 Å². The number of methoxy groups -OCH3 is 1. The number of hydrogen-bond donors (Lipinski definition) is 2. The van der Waals surface area contributed by atoms with E-state index in [1.54, 1.807) is 19.2 Å². The number of benzene rings is 3. The second kappa shape index (κ2) is 6.53. The highest BCUT2D eigenvalue weighted by Crippen LogP contribution is 2.45. The Labute approximate surface area is 153 Å². The summed E-state index contributed by atoms with van der Waals surface area (Å²) >= 11 is 0. The lowest BCUT2D eigenvalue weighted by Crippen LogP contribution is -2.12. The Morgan fingerprint density at radius 3 is 2.38 bits per heavy atom. The predicted molar refractivity (Wildman–Crippen MR) is 106 cm³/mol. The molecule has 136 valence electrons. The Balaban J connectivity index is 2.46. The summed E-state index contributed by atoms with van der Waals surface area (Å²) < 4.78 is 31.9. The molecule has 0 amide bonds. The smallest absolute Gasteiger partial charge is 0.229 e. The second-order valence-electron chi connectivity index (χ2n) is 6.33. The average Bonchev–Trinajstić information content (AvgIpc) is 2.55. The summed E-state index contributed by atoms with van der Waals surface area (Å²) in [5.74, 6) is 0.737. The lowest BCUT2D eigenvalue weighted by molar-refractivity contribution is 0.409. The number of anilines is 1. The first kappa shape index (κ1) is 18.1. The molecule has 0 fully saturated rings. The van der Waals surface area contributed by atoms with Gasteiger partial charge in [0, 0.05) is 16.7 Å². The molecule has 0 aliphatic rings.